The van der Waals surface area contributed by atoms with Crippen molar-refractivity contribution in [3.8, 4) is 0 Å². The molecule has 0 radical (unpaired) electrons. The molecule has 0 fully saturated rings. The second-order valence-corrected chi connectivity index (χ2v) is 5.45. The second-order valence-electron chi connectivity index (χ2n) is 4.16. The number of hydrogen-bond acceptors (Lipinski definition) is 1. The van der Waals surface area contributed by atoms with Gasteiger partial charge in [0.2, 0.25) is 0 Å². The molecular weight excluding hydrogens is 371 g/mol. The fourth-order valence-corrected chi connectivity index (χ4v) is 2.26. The minimum Gasteiger partial charge on any atom is -0.322 e. The zero-order chi connectivity index (χ0) is 15.6. The molecule has 1 amide bonds. The normalized spacial score (nSPS) is 11.3. The van der Waals surface area contributed by atoms with Crippen LogP contribution in [0.1, 0.15) is 15.9 Å². The molecule has 0 aliphatic heterocycles. The Bertz CT molecular complexity index is 688. The van der Waals surface area contributed by atoms with E-state index in [-0.39, 0.29) is 10.0 Å². The Hall–Kier alpha value is -1.53. The van der Waals surface area contributed by atoms with Crippen LogP contribution in [-0.2, 0) is 6.18 Å². The third-order valence-electron chi connectivity index (χ3n) is 2.62. The first-order valence-corrected chi connectivity index (χ1v) is 6.88. The van der Waals surface area contributed by atoms with Crippen molar-refractivity contribution in [1.82, 2.24) is 0 Å². The summed E-state index contributed by atoms with van der Waals surface area (Å²) >= 11 is 8.85. The van der Waals surface area contributed by atoms with Gasteiger partial charge in [-0.1, -0.05) is 17.7 Å². The number of hydrogen-bond donors (Lipinski definition) is 1. The van der Waals surface area contributed by atoms with Crippen LogP contribution in [0.4, 0.5) is 18.9 Å². The molecular formula is C14H8BrClF3NO. The monoisotopic (exact) mass is 377 g/mol. The smallest absolute Gasteiger partial charge is 0.322 e. The molecule has 0 aromatic heterocycles. The van der Waals surface area contributed by atoms with E-state index >= 15 is 0 Å². The lowest BCUT2D eigenvalue weighted by atomic mass is 10.1. The van der Waals surface area contributed by atoms with Crippen molar-refractivity contribution >= 4 is 39.1 Å². The van der Waals surface area contributed by atoms with Gasteiger partial charge < -0.3 is 5.32 Å². The predicted molar refractivity (Wildman–Crippen MR) is 78.5 cm³/mol. The third kappa shape index (κ3) is 3.98. The quantitative estimate of drug-likeness (QED) is 0.747. The molecule has 0 atom stereocenters. The summed E-state index contributed by atoms with van der Waals surface area (Å²) in [4.78, 5) is 12.1. The van der Waals surface area contributed by atoms with Crippen molar-refractivity contribution in [2.75, 3.05) is 5.32 Å². The average Bonchev–Trinajstić information content (AvgIpc) is 2.37. The predicted octanol–water partition coefficient (Wildman–Crippen LogP) is 5.37. The number of carbonyl (C=O) groups excluding carboxylic acids is 1. The van der Waals surface area contributed by atoms with Crippen LogP contribution in [0.15, 0.2) is 46.9 Å². The van der Waals surface area contributed by atoms with Crippen LogP contribution >= 0.6 is 27.5 Å². The van der Waals surface area contributed by atoms with Gasteiger partial charge in [-0.05, 0) is 52.3 Å². The summed E-state index contributed by atoms with van der Waals surface area (Å²) in [7, 11) is 0. The SMILES string of the molecule is O=C(Nc1cccc(Cl)c1)c1cc(C(F)(F)F)ccc1Br. The molecule has 1 N–H and O–H groups in total. The first-order chi connectivity index (χ1) is 9.77. The Balaban J connectivity index is 2.31. The van der Waals surface area contributed by atoms with Gasteiger partial charge in [0.1, 0.15) is 0 Å². The Kier molecular flexibility index (Phi) is 4.58. The van der Waals surface area contributed by atoms with E-state index in [1.54, 1.807) is 18.2 Å². The topological polar surface area (TPSA) is 29.1 Å². The van der Waals surface area contributed by atoms with Crippen LogP contribution in [0, 0.1) is 0 Å². The second kappa shape index (κ2) is 6.07. The number of alkyl halides is 3. The number of benzene rings is 2. The van der Waals surface area contributed by atoms with Gasteiger partial charge in [0, 0.05) is 15.2 Å². The lowest BCUT2D eigenvalue weighted by molar-refractivity contribution is -0.137. The molecule has 0 aliphatic rings. The molecule has 0 saturated heterocycles. The Morgan fingerprint density at radius 1 is 1.14 bits per heavy atom. The van der Waals surface area contributed by atoms with E-state index in [1.807, 2.05) is 0 Å². The van der Waals surface area contributed by atoms with E-state index in [2.05, 4.69) is 21.2 Å². The molecule has 2 aromatic rings. The molecule has 0 spiro atoms. The van der Waals surface area contributed by atoms with Crippen molar-refractivity contribution in [3.63, 3.8) is 0 Å². The van der Waals surface area contributed by atoms with Crippen molar-refractivity contribution in [1.29, 1.82) is 0 Å². The zero-order valence-electron chi connectivity index (χ0n) is 10.3. The molecule has 0 heterocycles. The zero-order valence-corrected chi connectivity index (χ0v) is 12.7. The molecule has 0 bridgehead atoms. The maximum atomic E-state index is 12.7. The third-order valence-corrected chi connectivity index (χ3v) is 3.55. The summed E-state index contributed by atoms with van der Waals surface area (Å²) in [5.41, 5.74) is -0.594. The fraction of sp³-hybridized carbons (Fsp3) is 0.0714. The van der Waals surface area contributed by atoms with Gasteiger partial charge in [-0.25, -0.2) is 0 Å². The van der Waals surface area contributed by atoms with Crippen LogP contribution < -0.4 is 5.32 Å². The summed E-state index contributed by atoms with van der Waals surface area (Å²) in [5, 5.41) is 2.91. The van der Waals surface area contributed by atoms with Crippen LogP contribution in [-0.4, -0.2) is 5.91 Å². The van der Waals surface area contributed by atoms with Gasteiger partial charge in [0.05, 0.1) is 11.1 Å². The highest BCUT2D eigenvalue weighted by Gasteiger charge is 2.31. The number of anilines is 1. The number of rotatable bonds is 2. The Labute approximate surface area is 132 Å². The fourth-order valence-electron chi connectivity index (χ4n) is 1.64. The number of carbonyl (C=O) groups is 1. The molecule has 110 valence electrons. The van der Waals surface area contributed by atoms with Gasteiger partial charge in [0.15, 0.2) is 0 Å². The molecule has 0 unspecified atom stereocenters. The summed E-state index contributed by atoms with van der Waals surface area (Å²) in [6.07, 6.45) is -4.51. The Morgan fingerprint density at radius 3 is 2.48 bits per heavy atom. The van der Waals surface area contributed by atoms with Gasteiger partial charge in [-0.3, -0.25) is 4.79 Å². The minimum absolute atomic E-state index is 0.107. The molecule has 2 aromatic carbocycles. The molecule has 7 heteroatoms. The van der Waals surface area contributed by atoms with E-state index in [0.29, 0.717) is 10.7 Å². The first-order valence-electron chi connectivity index (χ1n) is 5.71. The number of nitrogens with one attached hydrogen (secondary N) is 1. The molecule has 2 nitrogen and oxygen atoms in total. The molecule has 2 rings (SSSR count). The standard InChI is InChI=1S/C14H8BrClF3NO/c15-12-5-4-8(14(17,18)19)6-11(12)13(21)20-10-3-1-2-9(16)7-10/h1-7H,(H,20,21). The van der Waals surface area contributed by atoms with E-state index in [1.165, 1.54) is 12.1 Å². The van der Waals surface area contributed by atoms with Gasteiger partial charge >= 0.3 is 6.18 Å². The highest BCUT2D eigenvalue weighted by atomic mass is 79.9. The summed E-state index contributed by atoms with van der Waals surface area (Å²) < 4.78 is 38.3. The maximum Gasteiger partial charge on any atom is 0.416 e. The minimum atomic E-state index is -4.51. The molecule has 0 saturated carbocycles. The summed E-state index contributed by atoms with van der Waals surface area (Å²) in [5.74, 6) is -0.657. The van der Waals surface area contributed by atoms with Gasteiger partial charge in [-0.15, -0.1) is 0 Å². The lowest BCUT2D eigenvalue weighted by Gasteiger charge is -2.11. The van der Waals surface area contributed by atoms with Gasteiger partial charge in [0.25, 0.3) is 5.91 Å². The highest BCUT2D eigenvalue weighted by Crippen LogP contribution is 2.32. The van der Waals surface area contributed by atoms with Crippen LogP contribution in [0.25, 0.3) is 0 Å². The van der Waals surface area contributed by atoms with Crippen molar-refractivity contribution in [2.24, 2.45) is 0 Å². The van der Waals surface area contributed by atoms with Crippen molar-refractivity contribution in [3.05, 3.63) is 63.1 Å². The number of amides is 1. The molecule has 0 aliphatic carbocycles. The van der Waals surface area contributed by atoms with Crippen molar-refractivity contribution in [2.45, 2.75) is 6.18 Å². The lowest BCUT2D eigenvalue weighted by Crippen LogP contribution is -2.14. The maximum absolute atomic E-state index is 12.7. The average molecular weight is 379 g/mol. The van der Waals surface area contributed by atoms with Gasteiger partial charge in [-0.2, -0.15) is 13.2 Å². The Morgan fingerprint density at radius 2 is 1.86 bits per heavy atom. The first kappa shape index (κ1) is 15.9. The van der Waals surface area contributed by atoms with Crippen LogP contribution in [0.2, 0.25) is 5.02 Å². The molecule has 21 heavy (non-hydrogen) atoms. The number of halogens is 5. The van der Waals surface area contributed by atoms with E-state index in [4.69, 9.17) is 11.6 Å². The van der Waals surface area contributed by atoms with Crippen LogP contribution in [0.3, 0.4) is 0 Å². The summed E-state index contributed by atoms with van der Waals surface area (Å²) in [6, 6.07) is 9.22. The highest BCUT2D eigenvalue weighted by molar-refractivity contribution is 9.10. The van der Waals surface area contributed by atoms with Crippen LogP contribution in [0.5, 0.6) is 0 Å². The largest absolute Gasteiger partial charge is 0.416 e. The van der Waals surface area contributed by atoms with Crippen molar-refractivity contribution < 1.29 is 18.0 Å². The van der Waals surface area contributed by atoms with E-state index in [9.17, 15) is 18.0 Å². The van der Waals surface area contributed by atoms with E-state index < -0.39 is 17.6 Å². The van der Waals surface area contributed by atoms with E-state index in [0.717, 1.165) is 12.1 Å². The summed E-state index contributed by atoms with van der Waals surface area (Å²) in [6.45, 7) is 0.